The Bertz CT molecular complexity index is 701. The quantitative estimate of drug-likeness (QED) is 0.912. The van der Waals surface area contributed by atoms with Crippen molar-refractivity contribution < 1.29 is 4.79 Å². The monoisotopic (exact) mass is 337 g/mol. The number of aromatic nitrogens is 1. The summed E-state index contributed by atoms with van der Waals surface area (Å²) in [6, 6.07) is 13.3. The third kappa shape index (κ3) is 4.89. The van der Waals surface area contributed by atoms with E-state index in [1.807, 2.05) is 19.2 Å². The van der Waals surface area contributed by atoms with E-state index in [1.54, 1.807) is 6.20 Å². The van der Waals surface area contributed by atoms with E-state index >= 15 is 0 Å². The molecule has 1 amide bonds. The minimum atomic E-state index is 0.114. The van der Waals surface area contributed by atoms with Crippen molar-refractivity contribution in [1.82, 2.24) is 15.2 Å². The maximum absolute atomic E-state index is 12.4. The van der Waals surface area contributed by atoms with E-state index in [9.17, 15) is 4.79 Å². The normalized spacial score (nSPS) is 21.0. The van der Waals surface area contributed by atoms with Gasteiger partial charge in [-0.25, -0.2) is 0 Å². The second-order valence-electron chi connectivity index (χ2n) is 7.07. The van der Waals surface area contributed by atoms with Crippen molar-refractivity contribution in [2.75, 3.05) is 6.54 Å². The van der Waals surface area contributed by atoms with Gasteiger partial charge in [0.1, 0.15) is 0 Å². The van der Waals surface area contributed by atoms with Gasteiger partial charge in [-0.1, -0.05) is 30.3 Å². The maximum Gasteiger partial charge on any atom is 0.224 e. The first-order valence-corrected chi connectivity index (χ1v) is 9.08. The molecule has 1 saturated heterocycles. The van der Waals surface area contributed by atoms with Gasteiger partial charge in [-0.3, -0.25) is 14.7 Å². The van der Waals surface area contributed by atoms with Crippen LogP contribution < -0.4 is 5.32 Å². The second kappa shape index (κ2) is 8.26. The van der Waals surface area contributed by atoms with Gasteiger partial charge in [-0.05, 0) is 49.4 Å². The van der Waals surface area contributed by atoms with Crippen molar-refractivity contribution in [3.63, 3.8) is 0 Å². The van der Waals surface area contributed by atoms with Crippen LogP contribution in [0, 0.1) is 6.92 Å². The first-order chi connectivity index (χ1) is 12.1. The number of hydrogen-bond acceptors (Lipinski definition) is 3. The number of nitrogens with one attached hydrogen (secondary N) is 1. The van der Waals surface area contributed by atoms with Crippen LogP contribution in [0.15, 0.2) is 48.8 Å². The molecule has 2 unspecified atom stereocenters. The molecule has 0 aliphatic carbocycles. The molecule has 1 aromatic carbocycles. The number of likely N-dealkylation sites (tertiary alicyclic amines) is 1. The molecule has 1 aromatic heterocycles. The summed E-state index contributed by atoms with van der Waals surface area (Å²) in [5, 5.41) is 3.22. The van der Waals surface area contributed by atoms with Gasteiger partial charge >= 0.3 is 0 Å². The lowest BCUT2D eigenvalue weighted by atomic mass is 9.97. The van der Waals surface area contributed by atoms with Crippen LogP contribution in [0.3, 0.4) is 0 Å². The van der Waals surface area contributed by atoms with E-state index in [0.29, 0.717) is 12.5 Å². The topological polar surface area (TPSA) is 45.2 Å². The molecule has 0 radical (unpaired) electrons. The van der Waals surface area contributed by atoms with Crippen molar-refractivity contribution in [1.29, 1.82) is 0 Å². The Labute approximate surface area is 150 Å². The van der Waals surface area contributed by atoms with Gasteiger partial charge in [-0.15, -0.1) is 0 Å². The molecule has 1 fully saturated rings. The van der Waals surface area contributed by atoms with Gasteiger partial charge < -0.3 is 5.32 Å². The highest BCUT2D eigenvalue weighted by atomic mass is 16.1. The molecule has 3 rings (SSSR count). The number of hydrogen-bond donors (Lipinski definition) is 1. The summed E-state index contributed by atoms with van der Waals surface area (Å²) in [4.78, 5) is 19.0. The van der Waals surface area contributed by atoms with Gasteiger partial charge in [-0.2, -0.15) is 0 Å². The molecule has 1 aliphatic heterocycles. The lowest BCUT2D eigenvalue weighted by molar-refractivity contribution is -0.121. The van der Waals surface area contributed by atoms with E-state index in [-0.39, 0.29) is 11.9 Å². The Kier molecular flexibility index (Phi) is 5.82. The highest BCUT2D eigenvalue weighted by Gasteiger charge is 2.26. The highest BCUT2D eigenvalue weighted by molar-refractivity contribution is 5.79. The average molecular weight is 337 g/mol. The van der Waals surface area contributed by atoms with E-state index in [1.165, 1.54) is 5.56 Å². The first kappa shape index (κ1) is 17.6. The molecular formula is C21H27N3O. The third-order valence-corrected chi connectivity index (χ3v) is 5.09. The average Bonchev–Trinajstić information content (AvgIpc) is 2.60. The van der Waals surface area contributed by atoms with Crippen molar-refractivity contribution in [3.8, 4) is 0 Å². The molecule has 25 heavy (non-hydrogen) atoms. The molecule has 132 valence electrons. The molecule has 0 saturated carbocycles. The summed E-state index contributed by atoms with van der Waals surface area (Å²) >= 11 is 0. The minimum Gasteiger partial charge on any atom is -0.353 e. The Balaban J connectivity index is 1.49. The molecular weight excluding hydrogens is 310 g/mol. The summed E-state index contributed by atoms with van der Waals surface area (Å²) < 4.78 is 0. The van der Waals surface area contributed by atoms with Crippen LogP contribution in [0.4, 0.5) is 0 Å². The third-order valence-electron chi connectivity index (χ3n) is 5.09. The SMILES string of the molecule is Cc1cnccc1CC(=O)NC1CCN(Cc2ccccc2)C(C)C1. The predicted molar refractivity (Wildman–Crippen MR) is 100 cm³/mol. The van der Waals surface area contributed by atoms with Crippen LogP contribution in [0.5, 0.6) is 0 Å². The van der Waals surface area contributed by atoms with Crippen LogP contribution in [-0.2, 0) is 17.8 Å². The standard InChI is InChI=1S/C21H27N3O/c1-16-14-22-10-8-19(16)13-21(25)23-20-9-11-24(17(2)12-20)15-18-6-4-3-5-7-18/h3-8,10,14,17,20H,9,11-13,15H2,1-2H3,(H,23,25). The molecule has 1 N–H and O–H groups in total. The molecule has 2 heterocycles. The van der Waals surface area contributed by atoms with E-state index in [4.69, 9.17) is 0 Å². The van der Waals surface area contributed by atoms with Crippen LogP contribution in [0.2, 0.25) is 0 Å². The summed E-state index contributed by atoms with van der Waals surface area (Å²) in [5.41, 5.74) is 3.48. The van der Waals surface area contributed by atoms with Gasteiger partial charge in [0.15, 0.2) is 0 Å². The molecule has 0 spiro atoms. The molecule has 4 heteroatoms. The minimum absolute atomic E-state index is 0.114. The zero-order valence-electron chi connectivity index (χ0n) is 15.1. The van der Waals surface area contributed by atoms with Crippen LogP contribution in [0.1, 0.15) is 36.5 Å². The number of piperidine rings is 1. The number of amides is 1. The van der Waals surface area contributed by atoms with Gasteiger partial charge in [0.05, 0.1) is 6.42 Å². The summed E-state index contributed by atoms with van der Waals surface area (Å²) in [7, 11) is 0. The van der Waals surface area contributed by atoms with E-state index < -0.39 is 0 Å². The Morgan fingerprint density at radius 1 is 1.28 bits per heavy atom. The molecule has 4 nitrogen and oxygen atoms in total. The first-order valence-electron chi connectivity index (χ1n) is 9.08. The Hall–Kier alpha value is -2.20. The summed E-state index contributed by atoms with van der Waals surface area (Å²) in [6.07, 6.45) is 6.02. The van der Waals surface area contributed by atoms with Gasteiger partial charge in [0.25, 0.3) is 0 Å². The number of carbonyl (C=O) groups excluding carboxylic acids is 1. The van der Waals surface area contributed by atoms with Crippen molar-refractivity contribution in [3.05, 3.63) is 65.5 Å². The number of benzene rings is 1. The smallest absolute Gasteiger partial charge is 0.224 e. The molecule has 2 aromatic rings. The summed E-state index contributed by atoms with van der Waals surface area (Å²) in [5.74, 6) is 0.114. The van der Waals surface area contributed by atoms with Crippen LogP contribution >= 0.6 is 0 Å². The molecule has 0 bridgehead atoms. The van der Waals surface area contributed by atoms with E-state index in [0.717, 1.165) is 37.1 Å². The predicted octanol–water partition coefficient (Wildman–Crippen LogP) is 3.10. The number of aryl methyl sites for hydroxylation is 1. The highest BCUT2D eigenvalue weighted by Crippen LogP contribution is 2.20. The fourth-order valence-electron chi connectivity index (χ4n) is 3.56. The fourth-order valence-corrected chi connectivity index (χ4v) is 3.56. The van der Waals surface area contributed by atoms with Gasteiger partial charge in [0.2, 0.25) is 5.91 Å². The molecule has 2 atom stereocenters. The lowest BCUT2D eigenvalue weighted by Crippen LogP contribution is -2.48. The zero-order chi connectivity index (χ0) is 17.6. The lowest BCUT2D eigenvalue weighted by Gasteiger charge is -2.38. The largest absolute Gasteiger partial charge is 0.353 e. The second-order valence-corrected chi connectivity index (χ2v) is 7.07. The van der Waals surface area contributed by atoms with Crippen LogP contribution in [-0.4, -0.2) is 34.4 Å². The van der Waals surface area contributed by atoms with Crippen LogP contribution in [0.25, 0.3) is 0 Å². The van der Waals surface area contributed by atoms with Crippen molar-refractivity contribution in [2.24, 2.45) is 0 Å². The Morgan fingerprint density at radius 3 is 2.80 bits per heavy atom. The van der Waals surface area contributed by atoms with Crippen molar-refractivity contribution >= 4 is 5.91 Å². The maximum atomic E-state index is 12.4. The number of rotatable bonds is 5. The number of carbonyl (C=O) groups is 1. The fraction of sp³-hybridized carbons (Fsp3) is 0.429. The Morgan fingerprint density at radius 2 is 2.08 bits per heavy atom. The zero-order valence-corrected chi connectivity index (χ0v) is 15.1. The summed E-state index contributed by atoms with van der Waals surface area (Å²) in [6.45, 7) is 6.27. The number of nitrogens with zero attached hydrogens (tertiary/aromatic N) is 2. The number of pyridine rings is 1. The van der Waals surface area contributed by atoms with Gasteiger partial charge in [0, 0.05) is 37.6 Å². The van der Waals surface area contributed by atoms with Crippen molar-refractivity contribution in [2.45, 2.75) is 51.7 Å². The van der Waals surface area contributed by atoms with E-state index in [2.05, 4.69) is 52.5 Å². The molecule has 1 aliphatic rings.